The van der Waals surface area contributed by atoms with Crippen LogP contribution in [0.2, 0.25) is 0 Å². The van der Waals surface area contributed by atoms with Gasteiger partial charge in [-0.05, 0) is 43.4 Å². The standard InChI is InChI=1S/C25H27NO4/c1-15-10-11-20(30-15)23-21(24(28)29-14-17-8-6-5-7-9-17)16(2)26-18-12-25(3,4)13-19(27)22(18)23/h5-11,23,26H,12-14H2,1-4H3/t23-/m0/s1. The quantitative estimate of drug-likeness (QED) is 0.730. The van der Waals surface area contributed by atoms with Crippen molar-refractivity contribution in [2.75, 3.05) is 0 Å². The number of dihydropyridines is 1. The fourth-order valence-corrected chi connectivity index (χ4v) is 4.40. The van der Waals surface area contributed by atoms with Crippen molar-refractivity contribution in [2.45, 2.75) is 53.1 Å². The highest BCUT2D eigenvalue weighted by Crippen LogP contribution is 2.47. The summed E-state index contributed by atoms with van der Waals surface area (Å²) in [5.74, 6) is 0.395. The third-order valence-corrected chi connectivity index (χ3v) is 5.72. The molecule has 0 fully saturated rings. The molecule has 1 atom stereocenters. The first-order chi connectivity index (χ1) is 14.2. The molecule has 2 heterocycles. The lowest BCUT2D eigenvalue weighted by Gasteiger charge is -2.38. The minimum absolute atomic E-state index is 0.0497. The number of aryl methyl sites for hydroxylation is 1. The molecule has 0 unspecified atom stereocenters. The van der Waals surface area contributed by atoms with Crippen molar-refractivity contribution in [3.05, 3.63) is 82.1 Å². The van der Waals surface area contributed by atoms with Gasteiger partial charge in [0.05, 0.1) is 11.5 Å². The summed E-state index contributed by atoms with van der Waals surface area (Å²) in [4.78, 5) is 26.4. The monoisotopic (exact) mass is 405 g/mol. The fraction of sp³-hybridized carbons (Fsp3) is 0.360. The first-order valence-corrected chi connectivity index (χ1v) is 10.3. The van der Waals surface area contributed by atoms with Crippen LogP contribution in [-0.2, 0) is 20.9 Å². The van der Waals surface area contributed by atoms with Gasteiger partial charge in [0.1, 0.15) is 18.1 Å². The average Bonchev–Trinajstić information content (AvgIpc) is 3.11. The van der Waals surface area contributed by atoms with Gasteiger partial charge in [-0.25, -0.2) is 4.79 Å². The minimum Gasteiger partial charge on any atom is -0.465 e. The summed E-state index contributed by atoms with van der Waals surface area (Å²) in [5.41, 5.74) is 3.43. The van der Waals surface area contributed by atoms with Gasteiger partial charge in [-0.15, -0.1) is 0 Å². The Balaban J connectivity index is 1.71. The Morgan fingerprint density at radius 3 is 2.53 bits per heavy atom. The van der Waals surface area contributed by atoms with E-state index in [9.17, 15) is 9.59 Å². The Bertz CT molecular complexity index is 1060. The van der Waals surface area contributed by atoms with Crippen molar-refractivity contribution in [1.29, 1.82) is 0 Å². The minimum atomic E-state index is -0.554. The number of esters is 1. The van der Waals surface area contributed by atoms with E-state index >= 15 is 0 Å². The Labute approximate surface area is 176 Å². The van der Waals surface area contributed by atoms with E-state index in [1.54, 1.807) is 0 Å². The molecule has 1 aromatic heterocycles. The highest BCUT2D eigenvalue weighted by Gasteiger charge is 2.44. The lowest BCUT2D eigenvalue weighted by Crippen LogP contribution is -2.38. The van der Waals surface area contributed by atoms with Gasteiger partial charge in [0.25, 0.3) is 0 Å². The van der Waals surface area contributed by atoms with Crippen LogP contribution in [0.4, 0.5) is 0 Å². The van der Waals surface area contributed by atoms with Crippen LogP contribution < -0.4 is 5.32 Å². The largest absolute Gasteiger partial charge is 0.465 e. The molecule has 0 bridgehead atoms. The van der Waals surface area contributed by atoms with Crippen LogP contribution in [0.3, 0.4) is 0 Å². The number of Topliss-reactive ketones (excluding diaryl/α,β-unsaturated/α-hetero) is 1. The van der Waals surface area contributed by atoms with E-state index in [-0.39, 0.29) is 17.8 Å². The first kappa shape index (κ1) is 20.2. The van der Waals surface area contributed by atoms with Crippen LogP contribution in [0.25, 0.3) is 0 Å². The maximum absolute atomic E-state index is 13.2. The third-order valence-electron chi connectivity index (χ3n) is 5.72. The van der Waals surface area contributed by atoms with E-state index in [1.807, 2.05) is 56.3 Å². The fourth-order valence-electron chi connectivity index (χ4n) is 4.40. The number of benzene rings is 1. The van der Waals surface area contributed by atoms with Crippen LogP contribution in [0.5, 0.6) is 0 Å². The summed E-state index contributed by atoms with van der Waals surface area (Å²) in [6, 6.07) is 13.3. The number of hydrogen-bond donors (Lipinski definition) is 1. The first-order valence-electron chi connectivity index (χ1n) is 10.3. The van der Waals surface area contributed by atoms with Crippen LogP contribution in [-0.4, -0.2) is 11.8 Å². The zero-order valence-electron chi connectivity index (χ0n) is 17.9. The molecule has 1 aliphatic heterocycles. The molecule has 2 aromatic rings. The number of carbonyl (C=O) groups excluding carboxylic acids is 2. The lowest BCUT2D eigenvalue weighted by atomic mass is 9.69. The third kappa shape index (κ3) is 3.84. The molecule has 5 nitrogen and oxygen atoms in total. The number of ether oxygens (including phenoxy) is 1. The predicted molar refractivity (Wildman–Crippen MR) is 113 cm³/mol. The number of hydrogen-bond acceptors (Lipinski definition) is 5. The average molecular weight is 405 g/mol. The van der Waals surface area contributed by atoms with Crippen molar-refractivity contribution in [1.82, 2.24) is 5.32 Å². The van der Waals surface area contributed by atoms with Gasteiger partial charge in [0.2, 0.25) is 0 Å². The van der Waals surface area contributed by atoms with Gasteiger partial charge in [0, 0.05) is 23.4 Å². The normalized spacial score (nSPS) is 20.7. The van der Waals surface area contributed by atoms with Crippen molar-refractivity contribution < 1.29 is 18.7 Å². The molecule has 0 saturated heterocycles. The van der Waals surface area contributed by atoms with E-state index in [0.29, 0.717) is 29.0 Å². The number of rotatable bonds is 4. The number of furan rings is 1. The molecule has 1 aromatic carbocycles. The molecule has 0 radical (unpaired) electrons. The van der Waals surface area contributed by atoms with Gasteiger partial charge in [-0.1, -0.05) is 44.2 Å². The maximum Gasteiger partial charge on any atom is 0.337 e. The van der Waals surface area contributed by atoms with Crippen molar-refractivity contribution in [3.8, 4) is 0 Å². The molecular weight excluding hydrogens is 378 g/mol. The number of allylic oxidation sites excluding steroid dienone is 3. The second-order valence-corrected chi connectivity index (χ2v) is 8.94. The smallest absolute Gasteiger partial charge is 0.337 e. The van der Waals surface area contributed by atoms with Gasteiger partial charge in [-0.3, -0.25) is 4.79 Å². The van der Waals surface area contributed by atoms with Crippen molar-refractivity contribution >= 4 is 11.8 Å². The number of ketones is 1. The number of nitrogens with one attached hydrogen (secondary N) is 1. The molecular formula is C25H27NO4. The van der Waals surface area contributed by atoms with Crippen molar-refractivity contribution in [2.24, 2.45) is 5.41 Å². The van der Waals surface area contributed by atoms with E-state index < -0.39 is 11.9 Å². The number of carbonyl (C=O) groups is 2. The van der Waals surface area contributed by atoms with Crippen LogP contribution in [0.15, 0.2) is 69.4 Å². The van der Waals surface area contributed by atoms with E-state index in [0.717, 1.165) is 23.4 Å². The summed E-state index contributed by atoms with van der Waals surface area (Å²) in [6.07, 6.45) is 1.18. The highest BCUT2D eigenvalue weighted by molar-refractivity contribution is 6.04. The van der Waals surface area contributed by atoms with Gasteiger partial charge < -0.3 is 14.5 Å². The summed E-state index contributed by atoms with van der Waals surface area (Å²) in [5, 5.41) is 3.34. The highest BCUT2D eigenvalue weighted by atomic mass is 16.5. The van der Waals surface area contributed by atoms with Gasteiger partial charge in [-0.2, -0.15) is 0 Å². The maximum atomic E-state index is 13.2. The summed E-state index contributed by atoms with van der Waals surface area (Å²) >= 11 is 0. The van der Waals surface area contributed by atoms with Crippen LogP contribution in [0, 0.1) is 12.3 Å². The second kappa shape index (κ2) is 7.63. The molecule has 0 spiro atoms. The Kier molecular flexibility index (Phi) is 5.14. The Hall–Kier alpha value is -3.08. The molecule has 0 saturated carbocycles. The molecule has 5 heteroatoms. The summed E-state index contributed by atoms with van der Waals surface area (Å²) in [6.45, 7) is 8.07. The van der Waals surface area contributed by atoms with Gasteiger partial charge >= 0.3 is 5.97 Å². The topological polar surface area (TPSA) is 68.5 Å². The van der Waals surface area contributed by atoms with E-state index in [4.69, 9.17) is 9.15 Å². The molecule has 156 valence electrons. The molecule has 1 aliphatic carbocycles. The molecule has 30 heavy (non-hydrogen) atoms. The predicted octanol–water partition coefficient (Wildman–Crippen LogP) is 4.94. The zero-order chi connectivity index (χ0) is 21.5. The Morgan fingerprint density at radius 1 is 1.13 bits per heavy atom. The zero-order valence-corrected chi connectivity index (χ0v) is 17.9. The molecule has 0 amide bonds. The SMILES string of the molecule is CC1=C(C(=O)OCc2ccccc2)[C@H](c2ccc(C)o2)C2=C(CC(C)(C)CC2=O)N1. The van der Waals surface area contributed by atoms with E-state index in [2.05, 4.69) is 19.2 Å². The van der Waals surface area contributed by atoms with Gasteiger partial charge in [0.15, 0.2) is 5.78 Å². The van der Waals surface area contributed by atoms with Crippen LogP contribution >= 0.6 is 0 Å². The molecule has 1 N–H and O–H groups in total. The van der Waals surface area contributed by atoms with E-state index in [1.165, 1.54) is 0 Å². The van der Waals surface area contributed by atoms with Crippen LogP contribution in [0.1, 0.15) is 56.6 Å². The summed E-state index contributed by atoms with van der Waals surface area (Å²) in [7, 11) is 0. The molecule has 4 rings (SSSR count). The second-order valence-electron chi connectivity index (χ2n) is 8.94. The summed E-state index contributed by atoms with van der Waals surface area (Å²) < 4.78 is 11.5. The lowest BCUT2D eigenvalue weighted by molar-refractivity contribution is -0.140. The molecule has 2 aliphatic rings. The Morgan fingerprint density at radius 2 is 1.87 bits per heavy atom. The van der Waals surface area contributed by atoms with Crippen molar-refractivity contribution in [3.63, 3.8) is 0 Å².